The molecular weight excluding hydrogens is 2790 g/mol. The van der Waals surface area contributed by atoms with Gasteiger partial charge in [-0.05, 0) is 307 Å². The van der Waals surface area contributed by atoms with Crippen molar-refractivity contribution in [2.45, 2.75) is 0 Å². The molecule has 0 aromatic heterocycles. The first-order valence-corrected chi connectivity index (χ1v) is 184. The summed E-state index contributed by atoms with van der Waals surface area (Å²) in [5.41, 5.74) is 0. The molecule has 0 rings (SSSR count). The minimum Gasteiger partial charge on any atom is -0.102 e. The van der Waals surface area contributed by atoms with Gasteiger partial charge in [-0.15, -0.1) is 393 Å². The van der Waals surface area contributed by atoms with Gasteiger partial charge < -0.3 is 0 Å². The van der Waals surface area contributed by atoms with Crippen molar-refractivity contribution >= 4 is 718 Å². The summed E-state index contributed by atoms with van der Waals surface area (Å²) in [6.45, 7) is -18.7. The molecule has 540 valence electrons. The van der Waals surface area contributed by atoms with E-state index in [9.17, 15) is 0 Å². The zero-order valence-corrected chi connectivity index (χ0v) is 138. The van der Waals surface area contributed by atoms with Crippen LogP contribution in [0.3, 0.4) is 0 Å². The van der Waals surface area contributed by atoms with Gasteiger partial charge in [-0.2, -0.15) is 0 Å². The lowest BCUT2D eigenvalue weighted by atomic mass is 28.4. The first-order chi connectivity index (χ1) is 40.9. The Balaban J connectivity index is 13.7. The number of hydrogen-bond donors (Lipinski definition) is 0. The molecule has 90 heavy (non-hydrogen) atoms. The Morgan fingerprint density at radius 1 is 0.0889 bits per heavy atom. The van der Waals surface area contributed by atoms with E-state index in [-0.39, 0.29) is 69.9 Å². The van der Waals surface area contributed by atoms with Gasteiger partial charge in [0, 0.05) is 0 Å². The molecule has 0 N–H and O–H groups in total. The third-order valence-electron chi connectivity index (χ3n) is 7.92. The molecule has 90 heteroatoms. The van der Waals surface area contributed by atoms with E-state index in [4.69, 9.17) is 17.9 Å². The number of rotatable bonds is 43. The van der Waals surface area contributed by atoms with Crippen LogP contribution in [0.4, 0.5) is 0 Å². The highest BCUT2D eigenvalue weighted by molar-refractivity contribution is 9.59. The maximum atomic E-state index is 4.85. The van der Waals surface area contributed by atoms with Crippen molar-refractivity contribution in [2.75, 3.05) is 0 Å². The van der Waals surface area contributed by atoms with E-state index in [1.807, 2.05) is 0 Å². The molecule has 0 nitrogen and oxygen atoms in total. The van der Waals surface area contributed by atoms with Crippen LogP contribution in [0, 0.1) is 0 Å². The molecule has 0 aromatic rings. The molecule has 0 fully saturated rings. The summed E-state index contributed by atoms with van der Waals surface area (Å²) in [5, 5.41) is 0. The Morgan fingerprint density at radius 3 is 0.222 bits per heavy atom. The van der Waals surface area contributed by atoms with Crippen LogP contribution in [0.15, 0.2) is 0 Å². The van der Waals surface area contributed by atoms with Crippen molar-refractivity contribution in [3.05, 3.63) is 0 Å². The lowest BCUT2D eigenvalue weighted by molar-refractivity contribution is 4.30. The van der Waals surface area contributed by atoms with Gasteiger partial charge in [-0.25, -0.2) is 0 Å². The average Bonchev–Trinajstić information content (AvgIpc) is 3.30. The van der Waals surface area contributed by atoms with Crippen molar-refractivity contribution in [3.63, 3.8) is 0 Å². The molecule has 0 aliphatic heterocycles. The summed E-state index contributed by atoms with van der Waals surface area (Å²) in [5.74, 6) is 0. The Morgan fingerprint density at radius 2 is 0.156 bits per heavy atom. The van der Waals surface area contributed by atoms with Crippen LogP contribution in [0.1, 0.15) is 0 Å². The monoisotopic (exact) mass is 2880 g/mol. The van der Waals surface area contributed by atoms with E-state index in [1.165, 1.54) is 0 Å². The van der Waals surface area contributed by atoms with E-state index < -0.39 is 238 Å². The summed E-state index contributed by atoms with van der Waals surface area (Å²) in [6.07, 6.45) is 0. The first-order valence-electron chi connectivity index (χ1n) is 20.4. The van der Waals surface area contributed by atoms with Crippen LogP contribution >= 0.6 is 718 Å². The predicted molar refractivity (Wildman–Crippen MR) is 748 cm³/mol. The molecule has 0 spiro atoms. The summed E-state index contributed by atoms with van der Waals surface area (Å²) >= 11 is 0. The van der Waals surface area contributed by atoms with E-state index in [1.54, 1.807) is 0 Å². The van der Waals surface area contributed by atoms with Gasteiger partial charge in [-0.3, -0.25) is 0 Å². The fourth-order valence-corrected chi connectivity index (χ4v) is 1340. The van der Waals surface area contributed by atoms with E-state index in [0.717, 1.165) is 0 Å². The Bertz CT molecular complexity index is 1450. The zero-order valence-electron chi connectivity index (χ0n) is 46.1. The molecular formula is H90P90. The molecule has 0 aromatic carbocycles. The minimum absolute atomic E-state index is 0.375. The topological polar surface area (TPSA) is 0 Å². The van der Waals surface area contributed by atoms with Gasteiger partial charge in [0.05, 0.1) is 0 Å². The minimum atomic E-state index is -0.596. The largest absolute Gasteiger partial charge is 0.102 e. The maximum absolute atomic E-state index is 4.85. The number of hydrogen-bond acceptors (Lipinski definition) is 0. The first kappa shape index (κ1) is 129. The molecule has 47 unspecified atom stereocenters. The van der Waals surface area contributed by atoms with Crippen LogP contribution in [0.25, 0.3) is 0 Å². The van der Waals surface area contributed by atoms with Crippen molar-refractivity contribution in [1.29, 1.82) is 0 Å². The molecule has 0 bridgehead atoms. The van der Waals surface area contributed by atoms with Gasteiger partial charge in [0.25, 0.3) is 0 Å². The van der Waals surface area contributed by atoms with E-state index in [0.29, 0.717) is 0 Å². The molecule has 0 aliphatic rings. The third kappa shape index (κ3) is 45.1. The zero-order chi connectivity index (χ0) is 71.4. The van der Waals surface area contributed by atoms with E-state index >= 15 is 0 Å². The van der Waals surface area contributed by atoms with Crippen molar-refractivity contribution in [3.8, 4) is 0 Å². The fourth-order valence-electron chi connectivity index (χ4n) is 5.50. The lowest BCUT2D eigenvalue weighted by Gasteiger charge is -2.63. The van der Waals surface area contributed by atoms with Crippen LogP contribution in [0.5, 0.6) is 0 Å². The van der Waals surface area contributed by atoms with Gasteiger partial charge in [0.2, 0.25) is 0 Å². The second-order valence-corrected chi connectivity index (χ2v) is 386. The normalized spacial score (nSPS) is 15.3. The quantitative estimate of drug-likeness (QED) is 0.0534. The summed E-state index contributed by atoms with van der Waals surface area (Å²) in [4.78, 5) is 0. The Labute approximate surface area is 706 Å². The SMILES string of the molecule is [PH]P([PH])P(P(P)P)P(P(P)P)P(P(P(P(P)P)P(P)P)P(P(P)P)P(P)P)P(P(P(P(P(P)P)P(P)P)P(P(P)P)P(P)P)P(P(P(P)P)P(P)P)P(P(P)P)P(P)P)P(P(P(P(P)P)P(P)P)P(P(P)P)P(P)P)P(P(P(P)P)P(P)P)P(P(P)P)P(P)P. The molecule has 0 heterocycles. The Hall–Kier alpha value is 38.7. The third-order valence-corrected chi connectivity index (χ3v) is 642. The second-order valence-electron chi connectivity index (χ2n) is 14.3. The van der Waals surface area contributed by atoms with Crippen LogP contribution in [0.2, 0.25) is 0 Å². The maximum Gasteiger partial charge on any atom is -0.00000155 e. The molecule has 0 saturated carbocycles. The Kier molecular flexibility index (Phi) is 101. The average molecular weight is 2880 g/mol. The highest BCUT2D eigenvalue weighted by Crippen LogP contribution is 3.53. The van der Waals surface area contributed by atoms with Crippen molar-refractivity contribution in [1.82, 2.24) is 0 Å². The fraction of sp³-hybridized carbons (Fsp3) is 0. The van der Waals surface area contributed by atoms with Crippen molar-refractivity contribution < 1.29 is 0 Å². The summed E-state index contributed by atoms with van der Waals surface area (Å²) < 4.78 is 0. The highest BCUT2D eigenvalue weighted by atomic mass is 33.6. The molecule has 0 amide bonds. The van der Waals surface area contributed by atoms with Gasteiger partial charge in [0.1, 0.15) is 0 Å². The lowest BCUT2D eigenvalue weighted by Crippen LogP contribution is -1.76. The summed E-state index contributed by atoms with van der Waals surface area (Å²) in [7, 11) is 174. The molecule has 2 radical (unpaired) electrons. The van der Waals surface area contributed by atoms with Gasteiger partial charge in [-0.1, -0.05) is 17.9 Å². The highest BCUT2D eigenvalue weighted by Gasteiger charge is 2.66. The van der Waals surface area contributed by atoms with Gasteiger partial charge in [0.15, 0.2) is 0 Å². The van der Waals surface area contributed by atoms with Crippen molar-refractivity contribution in [2.24, 2.45) is 0 Å². The van der Waals surface area contributed by atoms with E-state index in [2.05, 4.69) is 393 Å². The summed E-state index contributed by atoms with van der Waals surface area (Å²) in [6, 6.07) is 0. The second kappa shape index (κ2) is 70.4. The smallest absolute Gasteiger partial charge is 0.00000155 e. The standard InChI is InChI=1S/H90P90/c1-47(2)70(48(3)4)81(69(45)46)87(82(71(49(5)6)50(7)8)72(51(9)10)52(11)12)90(88(83(73(53(13)14)54(15)16)74(55(17)18)56(19)20)84(75(57(21)22)58(23)24)76(59(25)26)60(27)28)89(85(77(61(29)30)62(31)32)78(63(33)34)64(35)36)86(79(65(37)38)66(39)40)80(67(41)42)68(43)44/h1-2H,3-46H2. The van der Waals surface area contributed by atoms with Crippen LogP contribution in [-0.4, -0.2) is 0 Å². The molecule has 47 atom stereocenters. The molecule has 0 saturated heterocycles. The predicted octanol–water partition coefficient (Wildman–Crippen LogP) is 53.4. The van der Waals surface area contributed by atoms with Gasteiger partial charge >= 0.3 is 0 Å². The van der Waals surface area contributed by atoms with Crippen LogP contribution in [-0.2, 0) is 0 Å². The molecule has 0 aliphatic carbocycles. The van der Waals surface area contributed by atoms with Crippen LogP contribution < -0.4 is 0 Å².